The minimum atomic E-state index is 0.378. The molecule has 1 nitrogen and oxygen atoms in total. The second-order valence-electron chi connectivity index (χ2n) is 5.30. The molecule has 0 heterocycles. The van der Waals surface area contributed by atoms with Gasteiger partial charge in [-0.25, -0.2) is 0 Å². The fourth-order valence-electron chi connectivity index (χ4n) is 3.13. The van der Waals surface area contributed by atoms with Gasteiger partial charge < -0.3 is 5.11 Å². The third-order valence-electron chi connectivity index (χ3n) is 4.06. The molecule has 1 aliphatic rings. The molecule has 1 aliphatic carbocycles. The first-order chi connectivity index (χ1) is 9.24. The maximum atomic E-state index is 10.2. The molecule has 0 spiro atoms. The fourth-order valence-corrected chi connectivity index (χ4v) is 3.13. The average molecular weight is 246 g/mol. The van der Waals surface area contributed by atoms with Gasteiger partial charge in [-0.15, -0.1) is 0 Å². The molecule has 0 aromatic heterocycles. The van der Waals surface area contributed by atoms with E-state index < -0.39 is 0 Å². The van der Waals surface area contributed by atoms with E-state index in [4.69, 9.17) is 0 Å². The predicted octanol–water partition coefficient (Wildman–Crippen LogP) is 4.43. The van der Waals surface area contributed by atoms with E-state index in [-0.39, 0.29) is 0 Å². The Balaban J connectivity index is 2.12. The standard InChI is InChI=1S/C18H14O/c1-11-6-7-12-9-16-13-4-2-3-5-14(13)18(19)10-17(16)15(12)8-11/h2-8,10,19H,9H2,1H3. The number of benzene rings is 3. The van der Waals surface area contributed by atoms with Gasteiger partial charge in [-0.2, -0.15) is 0 Å². The summed E-state index contributed by atoms with van der Waals surface area (Å²) in [6, 6.07) is 16.6. The van der Waals surface area contributed by atoms with Crippen molar-refractivity contribution in [2.24, 2.45) is 0 Å². The van der Waals surface area contributed by atoms with E-state index >= 15 is 0 Å². The lowest BCUT2D eigenvalue weighted by atomic mass is 9.98. The quantitative estimate of drug-likeness (QED) is 0.487. The summed E-state index contributed by atoms with van der Waals surface area (Å²) in [6.45, 7) is 2.11. The zero-order valence-corrected chi connectivity index (χ0v) is 10.8. The van der Waals surface area contributed by atoms with Gasteiger partial charge in [0.1, 0.15) is 5.75 Å². The molecular formula is C18H14O. The van der Waals surface area contributed by atoms with Gasteiger partial charge in [0, 0.05) is 5.39 Å². The molecule has 19 heavy (non-hydrogen) atoms. The zero-order valence-electron chi connectivity index (χ0n) is 10.8. The highest BCUT2D eigenvalue weighted by Crippen LogP contribution is 2.43. The maximum absolute atomic E-state index is 10.2. The van der Waals surface area contributed by atoms with E-state index in [1.807, 2.05) is 24.3 Å². The Kier molecular flexibility index (Phi) is 2.02. The molecule has 0 fully saturated rings. The molecule has 0 radical (unpaired) electrons. The van der Waals surface area contributed by atoms with Crippen LogP contribution < -0.4 is 0 Å². The Morgan fingerprint density at radius 1 is 0.895 bits per heavy atom. The largest absolute Gasteiger partial charge is 0.507 e. The SMILES string of the molecule is Cc1ccc2c(c1)-c1cc(O)c3ccccc3c1C2. The van der Waals surface area contributed by atoms with Gasteiger partial charge in [0.15, 0.2) is 0 Å². The normalized spacial score (nSPS) is 12.5. The van der Waals surface area contributed by atoms with Gasteiger partial charge in [0.05, 0.1) is 0 Å². The summed E-state index contributed by atoms with van der Waals surface area (Å²) in [5, 5.41) is 12.4. The average Bonchev–Trinajstić information content (AvgIpc) is 2.78. The van der Waals surface area contributed by atoms with E-state index in [1.54, 1.807) is 0 Å². The van der Waals surface area contributed by atoms with Crippen molar-refractivity contribution in [2.75, 3.05) is 0 Å². The monoisotopic (exact) mass is 246 g/mol. The Hall–Kier alpha value is -2.28. The van der Waals surface area contributed by atoms with Gasteiger partial charge in [-0.3, -0.25) is 0 Å². The highest BCUT2D eigenvalue weighted by molar-refractivity contribution is 5.98. The van der Waals surface area contributed by atoms with Crippen LogP contribution in [0.25, 0.3) is 21.9 Å². The third kappa shape index (κ3) is 1.42. The van der Waals surface area contributed by atoms with Crippen LogP contribution in [0.1, 0.15) is 16.7 Å². The van der Waals surface area contributed by atoms with E-state index in [0.29, 0.717) is 5.75 Å². The predicted molar refractivity (Wildman–Crippen MR) is 78.6 cm³/mol. The number of hydrogen-bond acceptors (Lipinski definition) is 1. The number of rotatable bonds is 0. The van der Waals surface area contributed by atoms with E-state index in [2.05, 4.69) is 31.2 Å². The summed E-state index contributed by atoms with van der Waals surface area (Å²) in [5.41, 5.74) is 6.43. The Labute approximate surface area is 112 Å². The molecule has 1 N–H and O–H groups in total. The first-order valence-electron chi connectivity index (χ1n) is 6.57. The molecule has 1 heteroatoms. The van der Waals surface area contributed by atoms with Gasteiger partial charge >= 0.3 is 0 Å². The van der Waals surface area contributed by atoms with Crippen molar-refractivity contribution in [1.29, 1.82) is 0 Å². The van der Waals surface area contributed by atoms with Crippen molar-refractivity contribution in [3.63, 3.8) is 0 Å². The van der Waals surface area contributed by atoms with Crippen molar-refractivity contribution in [2.45, 2.75) is 13.3 Å². The second-order valence-corrected chi connectivity index (χ2v) is 5.30. The van der Waals surface area contributed by atoms with Crippen molar-refractivity contribution < 1.29 is 5.11 Å². The number of hydrogen-bond donors (Lipinski definition) is 1. The lowest BCUT2D eigenvalue weighted by Gasteiger charge is -2.08. The third-order valence-corrected chi connectivity index (χ3v) is 4.06. The highest BCUT2D eigenvalue weighted by atomic mass is 16.3. The van der Waals surface area contributed by atoms with Crippen molar-refractivity contribution in [3.05, 3.63) is 65.2 Å². The summed E-state index contributed by atoms with van der Waals surface area (Å²) in [5.74, 6) is 0.378. The molecule has 3 aromatic carbocycles. The topological polar surface area (TPSA) is 20.2 Å². The van der Waals surface area contributed by atoms with Crippen LogP contribution in [0.4, 0.5) is 0 Å². The first-order valence-corrected chi connectivity index (χ1v) is 6.57. The number of aryl methyl sites for hydroxylation is 1. The van der Waals surface area contributed by atoms with Crippen LogP contribution >= 0.6 is 0 Å². The van der Waals surface area contributed by atoms with Gasteiger partial charge in [0.25, 0.3) is 0 Å². The zero-order chi connectivity index (χ0) is 13.0. The Morgan fingerprint density at radius 3 is 2.53 bits per heavy atom. The van der Waals surface area contributed by atoms with Crippen LogP contribution in [0.2, 0.25) is 0 Å². The van der Waals surface area contributed by atoms with Gasteiger partial charge in [-0.1, -0.05) is 48.0 Å². The molecule has 0 saturated carbocycles. The summed E-state index contributed by atoms with van der Waals surface area (Å²) < 4.78 is 0. The number of phenols is 1. The Morgan fingerprint density at radius 2 is 1.68 bits per heavy atom. The second kappa shape index (κ2) is 3.61. The van der Waals surface area contributed by atoms with E-state index in [9.17, 15) is 5.11 Å². The van der Waals surface area contributed by atoms with Crippen LogP contribution in [0.5, 0.6) is 5.75 Å². The number of aromatic hydroxyl groups is 1. The lowest BCUT2D eigenvalue weighted by Crippen LogP contribution is -1.84. The van der Waals surface area contributed by atoms with Crippen molar-refractivity contribution in [3.8, 4) is 16.9 Å². The van der Waals surface area contributed by atoms with Gasteiger partial charge in [0.2, 0.25) is 0 Å². The molecule has 0 unspecified atom stereocenters. The lowest BCUT2D eigenvalue weighted by molar-refractivity contribution is 0.482. The van der Waals surface area contributed by atoms with E-state index in [1.165, 1.54) is 33.2 Å². The van der Waals surface area contributed by atoms with Gasteiger partial charge in [-0.05, 0) is 47.1 Å². The Bertz CT molecular complexity index is 815. The maximum Gasteiger partial charge on any atom is 0.124 e. The number of fused-ring (bicyclic) bond motifs is 5. The molecular weight excluding hydrogens is 232 g/mol. The summed E-state index contributed by atoms with van der Waals surface area (Å²) in [6.07, 6.45) is 0.964. The minimum Gasteiger partial charge on any atom is -0.507 e. The number of phenolic OH excluding ortho intramolecular Hbond substituents is 1. The van der Waals surface area contributed by atoms with Crippen LogP contribution in [-0.4, -0.2) is 5.11 Å². The smallest absolute Gasteiger partial charge is 0.124 e. The molecule has 4 rings (SSSR count). The highest BCUT2D eigenvalue weighted by Gasteiger charge is 2.21. The molecule has 0 saturated heterocycles. The minimum absolute atomic E-state index is 0.378. The van der Waals surface area contributed by atoms with Crippen LogP contribution in [-0.2, 0) is 6.42 Å². The molecule has 0 atom stereocenters. The molecule has 3 aromatic rings. The van der Waals surface area contributed by atoms with Crippen molar-refractivity contribution in [1.82, 2.24) is 0 Å². The van der Waals surface area contributed by atoms with E-state index in [0.717, 1.165) is 11.8 Å². The van der Waals surface area contributed by atoms with Crippen molar-refractivity contribution >= 4 is 10.8 Å². The van der Waals surface area contributed by atoms with Crippen LogP contribution in [0.15, 0.2) is 48.5 Å². The van der Waals surface area contributed by atoms with Crippen LogP contribution in [0, 0.1) is 6.92 Å². The summed E-state index contributed by atoms with van der Waals surface area (Å²) in [4.78, 5) is 0. The first kappa shape index (κ1) is 10.6. The summed E-state index contributed by atoms with van der Waals surface area (Å²) in [7, 11) is 0. The molecule has 92 valence electrons. The molecule has 0 aliphatic heterocycles. The summed E-state index contributed by atoms with van der Waals surface area (Å²) >= 11 is 0. The molecule has 0 bridgehead atoms. The fraction of sp³-hybridized carbons (Fsp3) is 0.111. The molecule has 0 amide bonds. The van der Waals surface area contributed by atoms with Crippen LogP contribution in [0.3, 0.4) is 0 Å².